The molecule has 0 spiro atoms. The van der Waals surface area contributed by atoms with Crippen molar-refractivity contribution in [2.75, 3.05) is 6.54 Å². The van der Waals surface area contributed by atoms with Crippen molar-refractivity contribution < 1.29 is 23.1 Å². The van der Waals surface area contributed by atoms with E-state index >= 15 is 0 Å². The molecule has 6 heteroatoms. The van der Waals surface area contributed by atoms with Crippen LogP contribution in [-0.4, -0.2) is 17.6 Å². The minimum Gasteiger partial charge on any atom is -0.478 e. The summed E-state index contributed by atoms with van der Waals surface area (Å²) in [6.07, 6.45) is -1.71. The Bertz CT molecular complexity index is 453. The average Bonchev–Trinajstić information content (AvgIpc) is 2.24. The summed E-state index contributed by atoms with van der Waals surface area (Å²) in [5, 5.41) is 8.82. The number of carboxylic acids is 1. The van der Waals surface area contributed by atoms with Gasteiger partial charge in [-0.1, -0.05) is 18.2 Å². The van der Waals surface area contributed by atoms with E-state index in [9.17, 15) is 18.0 Å². The van der Waals surface area contributed by atoms with Crippen LogP contribution in [0.1, 0.15) is 21.5 Å². The van der Waals surface area contributed by atoms with Crippen LogP contribution in [0.2, 0.25) is 0 Å². The number of hydrogen-bond acceptors (Lipinski definition) is 2. The Balaban J connectivity index is 3.27. The summed E-state index contributed by atoms with van der Waals surface area (Å²) in [7, 11) is 0. The predicted molar refractivity (Wildman–Crippen MR) is 56.5 cm³/mol. The predicted octanol–water partition coefficient (Wildman–Crippen LogP) is 2.38. The minimum absolute atomic E-state index is 0.181. The van der Waals surface area contributed by atoms with Crippen LogP contribution in [0.25, 0.3) is 6.08 Å². The summed E-state index contributed by atoms with van der Waals surface area (Å²) in [5.41, 5.74) is 3.99. The molecule has 0 bridgehead atoms. The van der Waals surface area contributed by atoms with Gasteiger partial charge in [0, 0.05) is 6.54 Å². The quantitative estimate of drug-likeness (QED) is 0.859. The van der Waals surface area contributed by atoms with Crippen LogP contribution in [0.4, 0.5) is 13.2 Å². The van der Waals surface area contributed by atoms with Gasteiger partial charge in [-0.05, 0) is 17.7 Å². The van der Waals surface area contributed by atoms with Crippen molar-refractivity contribution >= 4 is 12.0 Å². The van der Waals surface area contributed by atoms with E-state index in [0.29, 0.717) is 6.07 Å². The van der Waals surface area contributed by atoms with Crippen molar-refractivity contribution in [1.29, 1.82) is 0 Å². The molecule has 17 heavy (non-hydrogen) atoms. The number of carboxylic acid groups (broad SMARTS) is 1. The third-order valence-corrected chi connectivity index (χ3v) is 2.04. The van der Waals surface area contributed by atoms with Crippen LogP contribution in [-0.2, 0) is 6.18 Å². The third kappa shape index (κ3) is 3.32. The normalized spacial score (nSPS) is 12.0. The topological polar surface area (TPSA) is 63.3 Å². The monoisotopic (exact) mass is 245 g/mol. The second-order valence-corrected chi connectivity index (χ2v) is 3.24. The highest BCUT2D eigenvalue weighted by Crippen LogP contribution is 2.30. The minimum atomic E-state index is -4.56. The van der Waals surface area contributed by atoms with E-state index in [4.69, 9.17) is 10.8 Å². The highest BCUT2D eigenvalue weighted by atomic mass is 19.4. The van der Waals surface area contributed by atoms with Crippen LogP contribution >= 0.6 is 0 Å². The lowest BCUT2D eigenvalue weighted by molar-refractivity contribution is -0.137. The van der Waals surface area contributed by atoms with Gasteiger partial charge in [-0.3, -0.25) is 0 Å². The van der Waals surface area contributed by atoms with Crippen LogP contribution in [0.3, 0.4) is 0 Å². The summed E-state index contributed by atoms with van der Waals surface area (Å²) < 4.78 is 37.2. The fraction of sp³-hybridized carbons (Fsp3) is 0.182. The Morgan fingerprint density at radius 1 is 1.41 bits per heavy atom. The second kappa shape index (κ2) is 5.01. The first-order valence-corrected chi connectivity index (χ1v) is 4.67. The molecule has 1 aromatic rings. The summed E-state index contributed by atoms with van der Waals surface area (Å²) in [4.78, 5) is 10.8. The molecule has 3 nitrogen and oxygen atoms in total. The van der Waals surface area contributed by atoms with E-state index in [2.05, 4.69) is 0 Å². The van der Waals surface area contributed by atoms with E-state index in [1.807, 2.05) is 0 Å². The molecule has 0 atom stereocenters. The van der Waals surface area contributed by atoms with E-state index in [-0.39, 0.29) is 12.1 Å². The van der Waals surface area contributed by atoms with E-state index in [0.717, 1.165) is 12.1 Å². The first-order valence-electron chi connectivity index (χ1n) is 4.67. The number of rotatable bonds is 3. The van der Waals surface area contributed by atoms with Crippen LogP contribution in [0, 0.1) is 0 Å². The molecular weight excluding hydrogens is 235 g/mol. The molecule has 3 N–H and O–H groups in total. The van der Waals surface area contributed by atoms with Crippen LogP contribution in [0.15, 0.2) is 24.3 Å². The molecule has 0 aliphatic carbocycles. The molecule has 1 aromatic carbocycles. The summed E-state index contributed by atoms with van der Waals surface area (Å²) in [6.45, 7) is 0.181. The lowest BCUT2D eigenvalue weighted by Gasteiger charge is -2.09. The molecule has 0 aliphatic rings. The molecule has 0 aromatic heterocycles. The van der Waals surface area contributed by atoms with Gasteiger partial charge in [0.1, 0.15) is 0 Å². The summed E-state index contributed by atoms with van der Waals surface area (Å²) in [5.74, 6) is -1.41. The number of carbonyl (C=O) groups is 1. The largest absolute Gasteiger partial charge is 0.478 e. The van der Waals surface area contributed by atoms with Gasteiger partial charge in [-0.15, -0.1) is 0 Å². The Morgan fingerprint density at radius 3 is 2.53 bits per heavy atom. The SMILES string of the molecule is NCC=Cc1ccc(C(F)(F)F)cc1C(=O)O. The molecule has 0 unspecified atom stereocenters. The van der Waals surface area contributed by atoms with Gasteiger partial charge in [-0.25, -0.2) is 4.79 Å². The van der Waals surface area contributed by atoms with E-state index in [1.54, 1.807) is 0 Å². The Morgan fingerprint density at radius 2 is 2.06 bits per heavy atom. The number of nitrogens with two attached hydrogens (primary N) is 1. The summed E-state index contributed by atoms with van der Waals surface area (Å²) in [6, 6.07) is 2.56. The average molecular weight is 245 g/mol. The van der Waals surface area contributed by atoms with Crippen molar-refractivity contribution in [2.24, 2.45) is 5.73 Å². The van der Waals surface area contributed by atoms with Crippen molar-refractivity contribution in [2.45, 2.75) is 6.18 Å². The molecule has 0 fully saturated rings. The molecular formula is C11H10F3NO2. The number of benzene rings is 1. The molecule has 92 valence electrons. The van der Waals surface area contributed by atoms with E-state index < -0.39 is 23.3 Å². The first-order chi connectivity index (χ1) is 7.86. The number of halogens is 3. The number of alkyl halides is 3. The zero-order valence-corrected chi connectivity index (χ0v) is 8.66. The molecule has 0 aliphatic heterocycles. The zero-order valence-electron chi connectivity index (χ0n) is 8.66. The van der Waals surface area contributed by atoms with Gasteiger partial charge in [0.15, 0.2) is 0 Å². The lowest BCUT2D eigenvalue weighted by Crippen LogP contribution is -2.08. The molecule has 0 heterocycles. The third-order valence-electron chi connectivity index (χ3n) is 2.04. The fourth-order valence-corrected chi connectivity index (χ4v) is 1.26. The molecule has 0 radical (unpaired) electrons. The van der Waals surface area contributed by atoms with Gasteiger partial charge in [0.05, 0.1) is 11.1 Å². The smallest absolute Gasteiger partial charge is 0.416 e. The van der Waals surface area contributed by atoms with Gasteiger partial charge < -0.3 is 10.8 Å². The maximum Gasteiger partial charge on any atom is 0.416 e. The maximum atomic E-state index is 12.4. The van der Waals surface area contributed by atoms with Gasteiger partial charge in [-0.2, -0.15) is 13.2 Å². The number of hydrogen-bond donors (Lipinski definition) is 2. The van der Waals surface area contributed by atoms with E-state index in [1.165, 1.54) is 12.2 Å². The Hall–Kier alpha value is -1.82. The van der Waals surface area contributed by atoms with Crippen molar-refractivity contribution in [3.63, 3.8) is 0 Å². The summed E-state index contributed by atoms with van der Waals surface area (Å²) >= 11 is 0. The fourth-order valence-electron chi connectivity index (χ4n) is 1.26. The maximum absolute atomic E-state index is 12.4. The Labute approximate surface area is 95.4 Å². The van der Waals surface area contributed by atoms with Gasteiger partial charge in [0.2, 0.25) is 0 Å². The second-order valence-electron chi connectivity index (χ2n) is 3.24. The Kier molecular flexibility index (Phi) is 3.90. The highest BCUT2D eigenvalue weighted by molar-refractivity contribution is 5.92. The standard InChI is InChI=1S/C11H10F3NO2/c12-11(13,14)8-4-3-7(2-1-5-15)9(6-8)10(16)17/h1-4,6H,5,15H2,(H,16,17). The molecule has 0 amide bonds. The molecule has 1 rings (SSSR count). The van der Waals surface area contributed by atoms with Gasteiger partial charge in [0.25, 0.3) is 0 Å². The highest BCUT2D eigenvalue weighted by Gasteiger charge is 2.31. The number of aromatic carboxylic acids is 1. The molecule has 0 saturated heterocycles. The van der Waals surface area contributed by atoms with Crippen molar-refractivity contribution in [3.8, 4) is 0 Å². The van der Waals surface area contributed by atoms with Crippen LogP contribution in [0.5, 0.6) is 0 Å². The van der Waals surface area contributed by atoms with Crippen molar-refractivity contribution in [1.82, 2.24) is 0 Å². The first kappa shape index (κ1) is 13.2. The van der Waals surface area contributed by atoms with Crippen molar-refractivity contribution in [3.05, 3.63) is 41.0 Å². The molecule has 0 saturated carbocycles. The van der Waals surface area contributed by atoms with Crippen LogP contribution < -0.4 is 5.73 Å². The lowest BCUT2D eigenvalue weighted by atomic mass is 10.0. The van der Waals surface area contributed by atoms with Gasteiger partial charge >= 0.3 is 12.1 Å². The zero-order chi connectivity index (χ0) is 13.1.